The average molecular weight is 379 g/mol. The Balaban J connectivity index is 2.32. The molecular weight excluding hydrogens is 357 g/mol. The Kier molecular flexibility index (Phi) is 5.99. The first-order valence-corrected chi connectivity index (χ1v) is 9.34. The highest BCUT2D eigenvalue weighted by Crippen LogP contribution is 2.23. The minimum absolute atomic E-state index is 0.184. The SMILES string of the molecule is Cc1cc(C)cc(NC(=O)CN(c2ccccc2F)S(=O)(=O)N(C)C)c1. The molecule has 2 rings (SSSR count). The third-order valence-corrected chi connectivity index (χ3v) is 5.46. The van der Waals surface area contributed by atoms with Gasteiger partial charge in [0.1, 0.15) is 12.4 Å². The van der Waals surface area contributed by atoms with Crippen molar-refractivity contribution in [1.82, 2.24) is 4.31 Å². The third-order valence-electron chi connectivity index (χ3n) is 3.65. The Morgan fingerprint density at radius 2 is 1.65 bits per heavy atom. The second-order valence-electron chi connectivity index (χ2n) is 6.17. The monoisotopic (exact) mass is 379 g/mol. The van der Waals surface area contributed by atoms with E-state index in [-0.39, 0.29) is 5.69 Å². The number of anilines is 2. The fourth-order valence-electron chi connectivity index (χ4n) is 2.52. The molecule has 0 bridgehead atoms. The molecule has 0 fully saturated rings. The number of hydrogen-bond donors (Lipinski definition) is 1. The zero-order chi connectivity index (χ0) is 19.5. The first-order valence-electron chi connectivity index (χ1n) is 7.94. The van der Waals surface area contributed by atoms with E-state index < -0.39 is 28.5 Å². The molecule has 0 radical (unpaired) electrons. The maximum Gasteiger partial charge on any atom is 0.304 e. The molecule has 0 aliphatic carbocycles. The van der Waals surface area contributed by atoms with Crippen LogP contribution < -0.4 is 9.62 Å². The van der Waals surface area contributed by atoms with Crippen LogP contribution in [0.2, 0.25) is 0 Å². The number of hydrogen-bond acceptors (Lipinski definition) is 3. The molecule has 0 aliphatic heterocycles. The molecule has 1 amide bonds. The van der Waals surface area contributed by atoms with Gasteiger partial charge in [0.15, 0.2) is 0 Å². The van der Waals surface area contributed by atoms with Crippen molar-refractivity contribution >= 4 is 27.5 Å². The highest BCUT2D eigenvalue weighted by atomic mass is 32.2. The minimum atomic E-state index is -4.05. The van der Waals surface area contributed by atoms with Crippen LogP contribution in [-0.4, -0.2) is 39.3 Å². The summed E-state index contributed by atoms with van der Waals surface area (Å²) >= 11 is 0. The third kappa shape index (κ3) is 4.59. The van der Waals surface area contributed by atoms with Gasteiger partial charge >= 0.3 is 10.2 Å². The Morgan fingerprint density at radius 1 is 1.08 bits per heavy atom. The van der Waals surface area contributed by atoms with Crippen molar-refractivity contribution in [2.75, 3.05) is 30.3 Å². The lowest BCUT2D eigenvalue weighted by Crippen LogP contribution is -2.44. The lowest BCUT2D eigenvalue weighted by Gasteiger charge is -2.27. The number of nitrogens with one attached hydrogen (secondary N) is 1. The van der Waals surface area contributed by atoms with Crippen molar-refractivity contribution in [1.29, 1.82) is 0 Å². The normalized spacial score (nSPS) is 11.5. The molecule has 0 heterocycles. The Morgan fingerprint density at radius 3 is 2.19 bits per heavy atom. The molecule has 2 aromatic carbocycles. The maximum atomic E-state index is 14.2. The molecule has 2 aromatic rings. The topological polar surface area (TPSA) is 69.7 Å². The average Bonchev–Trinajstić information content (AvgIpc) is 2.52. The summed E-state index contributed by atoms with van der Waals surface area (Å²) in [5, 5.41) is 2.67. The summed E-state index contributed by atoms with van der Waals surface area (Å²) in [6, 6.07) is 10.9. The fraction of sp³-hybridized carbons (Fsp3) is 0.278. The molecule has 0 aliphatic rings. The fourth-order valence-corrected chi connectivity index (χ4v) is 3.59. The van der Waals surface area contributed by atoms with E-state index in [0.717, 1.165) is 25.8 Å². The number of aryl methyl sites for hydroxylation is 2. The molecule has 26 heavy (non-hydrogen) atoms. The molecule has 0 atom stereocenters. The van der Waals surface area contributed by atoms with E-state index in [1.807, 2.05) is 19.9 Å². The second kappa shape index (κ2) is 7.84. The molecule has 8 heteroatoms. The van der Waals surface area contributed by atoms with Gasteiger partial charge in [-0.05, 0) is 49.2 Å². The number of carbonyl (C=O) groups is 1. The Hall–Kier alpha value is -2.45. The van der Waals surface area contributed by atoms with Gasteiger partial charge in [-0.25, -0.2) is 8.70 Å². The van der Waals surface area contributed by atoms with Gasteiger partial charge in [-0.1, -0.05) is 18.2 Å². The highest BCUT2D eigenvalue weighted by molar-refractivity contribution is 7.90. The molecule has 0 saturated heterocycles. The van der Waals surface area contributed by atoms with Gasteiger partial charge in [-0.15, -0.1) is 0 Å². The molecular formula is C18H22FN3O3S. The number of para-hydroxylation sites is 1. The van der Waals surface area contributed by atoms with Crippen LogP contribution in [0.1, 0.15) is 11.1 Å². The van der Waals surface area contributed by atoms with Crippen molar-refractivity contribution in [3.8, 4) is 0 Å². The Labute approximate surface area is 153 Å². The zero-order valence-electron chi connectivity index (χ0n) is 15.2. The van der Waals surface area contributed by atoms with Gasteiger partial charge in [0.2, 0.25) is 5.91 Å². The highest BCUT2D eigenvalue weighted by Gasteiger charge is 2.29. The van der Waals surface area contributed by atoms with Crippen LogP contribution in [0, 0.1) is 19.7 Å². The summed E-state index contributed by atoms with van der Waals surface area (Å²) in [4.78, 5) is 12.4. The van der Waals surface area contributed by atoms with E-state index >= 15 is 0 Å². The van der Waals surface area contributed by atoms with E-state index in [4.69, 9.17) is 0 Å². The van der Waals surface area contributed by atoms with E-state index in [9.17, 15) is 17.6 Å². The molecule has 140 valence electrons. The number of nitrogens with zero attached hydrogens (tertiary/aromatic N) is 2. The second-order valence-corrected chi connectivity index (χ2v) is 8.24. The van der Waals surface area contributed by atoms with E-state index in [2.05, 4.69) is 5.32 Å². The van der Waals surface area contributed by atoms with Crippen LogP contribution in [0.15, 0.2) is 42.5 Å². The molecule has 0 unspecified atom stereocenters. The van der Waals surface area contributed by atoms with Crippen molar-refractivity contribution < 1.29 is 17.6 Å². The summed E-state index contributed by atoms with van der Waals surface area (Å²) in [7, 11) is -1.40. The largest absolute Gasteiger partial charge is 0.324 e. The van der Waals surface area contributed by atoms with Gasteiger partial charge in [0, 0.05) is 19.8 Å². The van der Waals surface area contributed by atoms with Crippen molar-refractivity contribution in [2.45, 2.75) is 13.8 Å². The summed E-state index contributed by atoms with van der Waals surface area (Å²) in [6.07, 6.45) is 0. The quantitative estimate of drug-likeness (QED) is 0.839. The van der Waals surface area contributed by atoms with E-state index in [0.29, 0.717) is 5.69 Å². The predicted molar refractivity (Wildman–Crippen MR) is 101 cm³/mol. The van der Waals surface area contributed by atoms with Gasteiger partial charge in [0.05, 0.1) is 5.69 Å². The summed E-state index contributed by atoms with van der Waals surface area (Å²) in [6.45, 7) is 3.24. The van der Waals surface area contributed by atoms with Crippen LogP contribution in [0.4, 0.5) is 15.8 Å². The van der Waals surface area contributed by atoms with Crippen LogP contribution in [0.3, 0.4) is 0 Å². The minimum Gasteiger partial charge on any atom is -0.324 e. The standard InChI is InChI=1S/C18H22FN3O3S/c1-13-9-14(2)11-15(10-13)20-18(23)12-22(26(24,25)21(3)4)17-8-6-5-7-16(17)19/h5-11H,12H2,1-4H3,(H,20,23). The lowest BCUT2D eigenvalue weighted by atomic mass is 10.1. The first kappa shape index (κ1) is 19.9. The number of carbonyl (C=O) groups excluding carboxylic acids is 1. The van der Waals surface area contributed by atoms with Crippen LogP contribution in [0.5, 0.6) is 0 Å². The predicted octanol–water partition coefficient (Wildman–Crippen LogP) is 2.69. The summed E-state index contributed by atoms with van der Waals surface area (Å²) in [5.41, 5.74) is 2.30. The summed E-state index contributed by atoms with van der Waals surface area (Å²) < 4.78 is 41.0. The molecule has 0 saturated carbocycles. The molecule has 1 N–H and O–H groups in total. The van der Waals surface area contributed by atoms with Crippen molar-refractivity contribution in [2.24, 2.45) is 0 Å². The smallest absolute Gasteiger partial charge is 0.304 e. The zero-order valence-corrected chi connectivity index (χ0v) is 16.0. The summed E-state index contributed by atoms with van der Waals surface area (Å²) in [5.74, 6) is -1.29. The first-order chi connectivity index (χ1) is 12.1. The van der Waals surface area contributed by atoms with Crippen molar-refractivity contribution in [3.05, 3.63) is 59.4 Å². The van der Waals surface area contributed by atoms with Gasteiger partial charge in [-0.3, -0.25) is 4.79 Å². The Bertz CT molecular complexity index is 893. The van der Waals surface area contributed by atoms with Crippen LogP contribution in [-0.2, 0) is 15.0 Å². The lowest BCUT2D eigenvalue weighted by molar-refractivity contribution is -0.114. The molecule has 6 nitrogen and oxygen atoms in total. The van der Waals surface area contributed by atoms with Crippen LogP contribution >= 0.6 is 0 Å². The van der Waals surface area contributed by atoms with Gasteiger partial charge < -0.3 is 5.32 Å². The maximum absolute atomic E-state index is 14.2. The van der Waals surface area contributed by atoms with Crippen LogP contribution in [0.25, 0.3) is 0 Å². The number of halogens is 1. The molecule has 0 aromatic heterocycles. The number of benzene rings is 2. The number of amides is 1. The molecule has 0 spiro atoms. The number of rotatable bonds is 6. The van der Waals surface area contributed by atoms with Gasteiger partial charge in [-0.2, -0.15) is 12.7 Å². The van der Waals surface area contributed by atoms with E-state index in [1.165, 1.54) is 32.3 Å². The van der Waals surface area contributed by atoms with Crippen molar-refractivity contribution in [3.63, 3.8) is 0 Å². The van der Waals surface area contributed by atoms with E-state index in [1.54, 1.807) is 12.1 Å². The van der Waals surface area contributed by atoms with Gasteiger partial charge in [0.25, 0.3) is 0 Å².